The van der Waals surface area contributed by atoms with Gasteiger partial charge in [0.25, 0.3) is 0 Å². The van der Waals surface area contributed by atoms with Crippen LogP contribution in [0.4, 0.5) is 0 Å². The molecule has 0 saturated heterocycles. The van der Waals surface area contributed by atoms with Crippen molar-refractivity contribution in [3.8, 4) is 17.2 Å². The van der Waals surface area contributed by atoms with Gasteiger partial charge in [-0.3, -0.25) is 4.68 Å². The average Bonchev–Trinajstić information content (AvgIpc) is 3.33. The normalized spacial score (nSPS) is 11.5. The van der Waals surface area contributed by atoms with E-state index in [1.54, 1.807) is 14.2 Å². The van der Waals surface area contributed by atoms with Crippen molar-refractivity contribution in [2.75, 3.05) is 47.1 Å². The smallest absolute Gasteiger partial charge is 0.130 e. The molecule has 214 valence electrons. The fourth-order valence-electron chi connectivity index (χ4n) is 3.93. The molecule has 2 aromatic carbocycles. The van der Waals surface area contributed by atoms with Gasteiger partial charge in [-0.2, -0.15) is 5.10 Å². The molecule has 0 fully saturated rings. The van der Waals surface area contributed by atoms with E-state index in [2.05, 4.69) is 46.6 Å². The van der Waals surface area contributed by atoms with Gasteiger partial charge in [-0.1, -0.05) is 44.7 Å². The Morgan fingerprint density at radius 3 is 2.05 bits per heavy atom. The number of nitrogens with one attached hydrogen (secondary N) is 2. The van der Waals surface area contributed by atoms with E-state index in [1.807, 2.05) is 43.8 Å². The maximum Gasteiger partial charge on any atom is 0.130 e. The highest BCUT2D eigenvalue weighted by molar-refractivity contribution is 5.51. The zero-order valence-electron chi connectivity index (χ0n) is 23.9. The molecule has 0 atom stereocenters. The van der Waals surface area contributed by atoms with Gasteiger partial charge in [0.2, 0.25) is 0 Å². The molecule has 0 spiro atoms. The SMILES string of the molecule is C=c1/c(=C(\C)COc2cc(OC)c(CNCCO)c(OC)c2)cnn1Cc1ccc(CNCCO)cc1.CC. The quantitative estimate of drug-likeness (QED) is 0.216. The minimum Gasteiger partial charge on any atom is -0.496 e. The Morgan fingerprint density at radius 2 is 1.49 bits per heavy atom. The van der Waals surface area contributed by atoms with Crippen LogP contribution in [0.15, 0.2) is 42.6 Å². The molecule has 0 radical (unpaired) electrons. The van der Waals surface area contributed by atoms with E-state index in [0.717, 1.165) is 39.4 Å². The summed E-state index contributed by atoms with van der Waals surface area (Å²) in [6, 6.07) is 12.0. The first-order chi connectivity index (χ1) is 19.0. The molecule has 1 aromatic heterocycles. The van der Waals surface area contributed by atoms with Crippen LogP contribution in [0.5, 0.6) is 17.2 Å². The molecule has 4 N–H and O–H groups in total. The van der Waals surface area contributed by atoms with Gasteiger partial charge < -0.3 is 35.1 Å². The van der Waals surface area contributed by atoms with Gasteiger partial charge in [0.15, 0.2) is 0 Å². The van der Waals surface area contributed by atoms with Gasteiger partial charge in [-0.05, 0) is 23.6 Å². The second kappa shape index (κ2) is 17.3. The largest absolute Gasteiger partial charge is 0.496 e. The van der Waals surface area contributed by atoms with Crippen molar-refractivity contribution < 1.29 is 24.4 Å². The summed E-state index contributed by atoms with van der Waals surface area (Å²) >= 11 is 0. The molecule has 1 heterocycles. The third-order valence-corrected chi connectivity index (χ3v) is 6.01. The van der Waals surface area contributed by atoms with Crippen LogP contribution in [0.3, 0.4) is 0 Å². The molecule has 0 aliphatic rings. The molecule has 39 heavy (non-hydrogen) atoms. The van der Waals surface area contributed by atoms with E-state index < -0.39 is 0 Å². The molecule has 0 aliphatic carbocycles. The Labute approximate surface area is 231 Å². The lowest BCUT2D eigenvalue weighted by atomic mass is 10.1. The van der Waals surface area contributed by atoms with Crippen molar-refractivity contribution in [3.63, 3.8) is 0 Å². The van der Waals surface area contributed by atoms with Crippen molar-refractivity contribution in [1.82, 2.24) is 20.4 Å². The minimum atomic E-state index is 0.0575. The van der Waals surface area contributed by atoms with Gasteiger partial charge in [0.05, 0.1) is 51.1 Å². The minimum absolute atomic E-state index is 0.0575. The van der Waals surface area contributed by atoms with E-state index in [-0.39, 0.29) is 13.2 Å². The summed E-state index contributed by atoms with van der Waals surface area (Å²) < 4.78 is 19.1. The van der Waals surface area contributed by atoms with Crippen molar-refractivity contribution >= 4 is 12.2 Å². The van der Waals surface area contributed by atoms with Crippen LogP contribution in [0.1, 0.15) is 37.5 Å². The predicted octanol–water partition coefficient (Wildman–Crippen LogP) is 1.80. The Bertz CT molecular complexity index is 1220. The summed E-state index contributed by atoms with van der Waals surface area (Å²) in [5.74, 6) is 1.93. The first-order valence-corrected chi connectivity index (χ1v) is 13.3. The highest BCUT2D eigenvalue weighted by Gasteiger charge is 2.13. The van der Waals surface area contributed by atoms with Gasteiger partial charge in [0, 0.05) is 43.5 Å². The summed E-state index contributed by atoms with van der Waals surface area (Å²) in [5, 5.41) is 30.6. The monoisotopic (exact) mass is 540 g/mol. The molecule has 0 bridgehead atoms. The number of aromatic nitrogens is 2. The molecule has 9 heteroatoms. The van der Waals surface area contributed by atoms with Crippen molar-refractivity contribution in [2.24, 2.45) is 0 Å². The first kappa shape index (κ1) is 31.8. The van der Waals surface area contributed by atoms with Crippen LogP contribution in [-0.4, -0.2) is 67.1 Å². The zero-order valence-corrected chi connectivity index (χ0v) is 23.9. The number of methoxy groups -OCH3 is 2. The second-order valence-electron chi connectivity index (χ2n) is 8.66. The third-order valence-electron chi connectivity index (χ3n) is 6.01. The van der Waals surface area contributed by atoms with E-state index in [9.17, 15) is 0 Å². The molecule has 0 saturated carbocycles. The number of benzene rings is 2. The summed E-state index contributed by atoms with van der Waals surface area (Å²) in [7, 11) is 3.22. The molecule has 0 amide bonds. The van der Waals surface area contributed by atoms with E-state index in [0.29, 0.717) is 50.0 Å². The maximum absolute atomic E-state index is 9.03. The van der Waals surface area contributed by atoms with Crippen LogP contribution in [0, 0.1) is 0 Å². The standard InChI is InChI=1S/C28H38N4O5.C2H6/c1-20(19-37-24-13-27(35-3)26(16-30-10-12-34)28(14-24)36-4)25-17-31-32(21(25)2)18-23-7-5-22(6-8-23)15-29-9-11-33;1-2/h5-8,13-14,17,29-30,33-34H,2,9-12,15-16,18-19H2,1,3-4H3;1-2H3/b25-20+;. The van der Waals surface area contributed by atoms with Crippen LogP contribution in [-0.2, 0) is 19.6 Å². The van der Waals surface area contributed by atoms with Crippen LogP contribution in [0.2, 0.25) is 0 Å². The summed E-state index contributed by atoms with van der Waals surface area (Å²) in [5.41, 5.74) is 4.17. The Morgan fingerprint density at radius 1 is 0.923 bits per heavy atom. The maximum atomic E-state index is 9.03. The van der Waals surface area contributed by atoms with E-state index in [4.69, 9.17) is 24.4 Å². The Kier molecular flexibility index (Phi) is 14.1. The topological polar surface area (TPSA) is 110 Å². The van der Waals surface area contributed by atoms with Gasteiger partial charge in [-0.25, -0.2) is 0 Å². The summed E-state index contributed by atoms with van der Waals surface area (Å²) in [6.45, 7) is 13.7. The third kappa shape index (κ3) is 9.40. The van der Waals surface area contributed by atoms with Crippen molar-refractivity contribution in [3.05, 3.63) is 69.9 Å². The van der Waals surface area contributed by atoms with E-state index in [1.165, 1.54) is 0 Å². The number of ether oxygens (including phenoxy) is 3. The zero-order chi connectivity index (χ0) is 28.6. The molecule has 0 unspecified atom stereocenters. The van der Waals surface area contributed by atoms with Crippen LogP contribution in [0.25, 0.3) is 12.2 Å². The highest BCUT2D eigenvalue weighted by atomic mass is 16.5. The van der Waals surface area contributed by atoms with Gasteiger partial charge in [0.1, 0.15) is 23.9 Å². The van der Waals surface area contributed by atoms with Crippen molar-refractivity contribution in [2.45, 2.75) is 40.4 Å². The molecule has 3 aromatic rings. The summed E-state index contributed by atoms with van der Waals surface area (Å²) in [4.78, 5) is 0. The fourth-order valence-corrected chi connectivity index (χ4v) is 3.93. The molecule has 9 nitrogen and oxygen atoms in total. The molecule has 3 rings (SSSR count). The lowest BCUT2D eigenvalue weighted by Gasteiger charge is -2.16. The lowest BCUT2D eigenvalue weighted by molar-refractivity contribution is 0.290. The highest BCUT2D eigenvalue weighted by Crippen LogP contribution is 2.34. The number of rotatable bonds is 15. The number of hydrogen-bond donors (Lipinski definition) is 4. The fraction of sp³-hybridized carbons (Fsp3) is 0.433. The number of aliphatic hydroxyl groups is 2. The molecular formula is C30H44N4O5. The van der Waals surface area contributed by atoms with Crippen LogP contribution < -0.4 is 35.4 Å². The second-order valence-corrected chi connectivity index (χ2v) is 8.66. The number of nitrogens with zero attached hydrogens (tertiary/aromatic N) is 2. The average molecular weight is 541 g/mol. The van der Waals surface area contributed by atoms with E-state index >= 15 is 0 Å². The van der Waals surface area contributed by atoms with Crippen LogP contribution >= 0.6 is 0 Å². The lowest BCUT2D eigenvalue weighted by Crippen LogP contribution is -2.30. The Hall–Kier alpha value is -3.37. The first-order valence-electron chi connectivity index (χ1n) is 13.3. The molecule has 0 aliphatic heterocycles. The Balaban J connectivity index is 0.00000260. The van der Waals surface area contributed by atoms with Gasteiger partial charge in [-0.15, -0.1) is 0 Å². The summed E-state index contributed by atoms with van der Waals surface area (Å²) in [6.07, 6.45) is 1.82. The number of aliphatic hydroxyl groups excluding tert-OH is 2. The predicted molar refractivity (Wildman–Crippen MR) is 156 cm³/mol. The van der Waals surface area contributed by atoms with Gasteiger partial charge >= 0.3 is 0 Å². The number of hydrogen-bond acceptors (Lipinski definition) is 8. The molecular weight excluding hydrogens is 496 g/mol. The van der Waals surface area contributed by atoms with Crippen molar-refractivity contribution in [1.29, 1.82) is 0 Å².